The second-order valence-corrected chi connectivity index (χ2v) is 3.15. The van der Waals surface area contributed by atoms with Gasteiger partial charge >= 0.3 is 0 Å². The molecule has 0 aromatic carbocycles. The molecule has 0 bridgehead atoms. The fourth-order valence-corrected chi connectivity index (χ4v) is 1.35. The normalized spacial score (nSPS) is 10.6. The summed E-state index contributed by atoms with van der Waals surface area (Å²) in [6.45, 7) is 0. The van der Waals surface area contributed by atoms with Gasteiger partial charge in [0.1, 0.15) is 5.15 Å². The van der Waals surface area contributed by atoms with Gasteiger partial charge in [-0.3, -0.25) is 0 Å². The van der Waals surface area contributed by atoms with Gasteiger partial charge in [-0.15, -0.1) is 0 Å². The topological polar surface area (TPSA) is 64.7 Å². The van der Waals surface area contributed by atoms with Gasteiger partial charge in [-0.1, -0.05) is 23.2 Å². The van der Waals surface area contributed by atoms with E-state index in [0.717, 1.165) is 0 Å². The van der Waals surface area contributed by atoms with E-state index in [1.54, 1.807) is 0 Å². The molecule has 0 aliphatic carbocycles. The second-order valence-electron chi connectivity index (χ2n) is 2.39. The maximum Gasteiger partial charge on any atom is 0.220 e. The molecular formula is C7H4Cl2N4. The highest BCUT2D eigenvalue weighted by Gasteiger charge is 2.06. The van der Waals surface area contributed by atoms with Crippen LogP contribution in [0.3, 0.4) is 0 Å². The lowest BCUT2D eigenvalue weighted by molar-refractivity contribution is 1.22. The van der Waals surface area contributed by atoms with Crippen LogP contribution in [0.15, 0.2) is 12.4 Å². The second kappa shape index (κ2) is 2.97. The summed E-state index contributed by atoms with van der Waals surface area (Å²) in [6.07, 6.45) is 2.93. The molecule has 0 atom stereocenters. The molecule has 2 N–H and O–H groups in total. The van der Waals surface area contributed by atoms with Crippen molar-refractivity contribution in [2.75, 3.05) is 5.73 Å². The van der Waals surface area contributed by atoms with Crippen LogP contribution < -0.4 is 5.73 Å². The molecule has 0 unspecified atom stereocenters. The first-order chi connectivity index (χ1) is 6.18. The van der Waals surface area contributed by atoms with E-state index >= 15 is 0 Å². The Labute approximate surface area is 83.7 Å². The van der Waals surface area contributed by atoms with E-state index in [0.29, 0.717) is 21.1 Å². The number of halogens is 2. The Morgan fingerprint density at radius 1 is 1.15 bits per heavy atom. The first kappa shape index (κ1) is 8.47. The molecule has 0 spiro atoms. The van der Waals surface area contributed by atoms with Gasteiger partial charge in [-0.25, -0.2) is 15.0 Å². The fourth-order valence-electron chi connectivity index (χ4n) is 0.973. The lowest BCUT2D eigenvalue weighted by Gasteiger charge is -2.00. The van der Waals surface area contributed by atoms with Gasteiger partial charge in [0.25, 0.3) is 0 Å². The highest BCUT2D eigenvalue weighted by atomic mass is 35.5. The predicted molar refractivity (Wildman–Crippen MR) is 51.8 cm³/mol. The fraction of sp³-hybridized carbons (Fsp3) is 0. The molecule has 66 valence electrons. The third kappa shape index (κ3) is 1.38. The molecule has 0 aliphatic heterocycles. The zero-order valence-corrected chi connectivity index (χ0v) is 7.84. The van der Waals surface area contributed by atoms with Gasteiger partial charge < -0.3 is 5.73 Å². The summed E-state index contributed by atoms with van der Waals surface area (Å²) in [7, 11) is 0. The van der Waals surface area contributed by atoms with Crippen LogP contribution in [0, 0.1) is 0 Å². The summed E-state index contributed by atoms with van der Waals surface area (Å²) in [5, 5.41) is 1.33. The Hall–Kier alpha value is -1.13. The zero-order valence-electron chi connectivity index (χ0n) is 6.33. The Morgan fingerprint density at radius 3 is 2.69 bits per heavy atom. The first-order valence-corrected chi connectivity index (χ1v) is 4.16. The molecule has 0 saturated heterocycles. The van der Waals surface area contributed by atoms with Crippen molar-refractivity contribution in [2.45, 2.75) is 0 Å². The maximum atomic E-state index is 5.83. The molecule has 0 saturated carbocycles. The van der Waals surface area contributed by atoms with Crippen molar-refractivity contribution in [2.24, 2.45) is 0 Å². The smallest absolute Gasteiger partial charge is 0.220 e. The molecule has 0 fully saturated rings. The third-order valence-corrected chi connectivity index (χ3v) is 2.12. The van der Waals surface area contributed by atoms with Crippen molar-refractivity contribution in [1.82, 2.24) is 15.0 Å². The lowest BCUT2D eigenvalue weighted by Crippen LogP contribution is -1.95. The molecule has 0 aliphatic rings. The largest absolute Gasteiger partial charge is 0.368 e. The Morgan fingerprint density at radius 2 is 1.92 bits per heavy atom. The number of pyridine rings is 1. The van der Waals surface area contributed by atoms with E-state index < -0.39 is 0 Å². The van der Waals surface area contributed by atoms with Crippen LogP contribution in [0.5, 0.6) is 0 Å². The standard InChI is InChI=1S/C7H4Cl2N4/c8-4-2-11-6(9)3-1-12-7(10)13-5(3)4/h1-2H,(H2,10,12,13). The van der Waals surface area contributed by atoms with E-state index in [4.69, 9.17) is 28.9 Å². The van der Waals surface area contributed by atoms with Gasteiger partial charge in [-0.2, -0.15) is 0 Å². The first-order valence-electron chi connectivity index (χ1n) is 3.40. The summed E-state index contributed by atoms with van der Waals surface area (Å²) >= 11 is 11.6. The number of aromatic nitrogens is 3. The van der Waals surface area contributed by atoms with Crippen molar-refractivity contribution in [3.8, 4) is 0 Å². The molecule has 0 amide bonds. The number of fused-ring (bicyclic) bond motifs is 1. The van der Waals surface area contributed by atoms with Crippen LogP contribution in [0.2, 0.25) is 10.2 Å². The van der Waals surface area contributed by atoms with Crippen LogP contribution >= 0.6 is 23.2 Å². The van der Waals surface area contributed by atoms with Gasteiger partial charge in [-0.05, 0) is 0 Å². The summed E-state index contributed by atoms with van der Waals surface area (Å²) in [4.78, 5) is 11.6. The molecule has 2 heterocycles. The van der Waals surface area contributed by atoms with Crippen molar-refractivity contribution >= 4 is 40.1 Å². The molecule has 0 radical (unpaired) electrons. The minimum atomic E-state index is 0.164. The van der Waals surface area contributed by atoms with Crippen LogP contribution in [0.25, 0.3) is 10.9 Å². The maximum absolute atomic E-state index is 5.83. The lowest BCUT2D eigenvalue weighted by atomic mass is 10.3. The molecule has 2 aromatic heterocycles. The number of hydrogen-bond acceptors (Lipinski definition) is 4. The quantitative estimate of drug-likeness (QED) is 0.681. The number of nitrogens with two attached hydrogens (primary N) is 1. The van der Waals surface area contributed by atoms with Crippen LogP contribution in [0.1, 0.15) is 0 Å². The number of anilines is 1. The zero-order chi connectivity index (χ0) is 9.42. The summed E-state index contributed by atoms with van der Waals surface area (Å²) in [5.74, 6) is 0.164. The Bertz CT molecular complexity index is 471. The van der Waals surface area contributed by atoms with Gasteiger partial charge in [0.05, 0.1) is 15.9 Å². The van der Waals surface area contributed by atoms with Crippen LogP contribution in [-0.2, 0) is 0 Å². The van der Waals surface area contributed by atoms with E-state index in [1.807, 2.05) is 0 Å². The average Bonchev–Trinajstić information content (AvgIpc) is 2.12. The van der Waals surface area contributed by atoms with E-state index in [1.165, 1.54) is 12.4 Å². The number of nitrogen functional groups attached to an aromatic ring is 1. The SMILES string of the molecule is Nc1ncc2c(Cl)ncc(Cl)c2n1. The van der Waals surface area contributed by atoms with Crippen molar-refractivity contribution in [1.29, 1.82) is 0 Å². The Kier molecular flexibility index (Phi) is 1.94. The molecule has 2 aromatic rings. The number of nitrogens with zero attached hydrogens (tertiary/aromatic N) is 3. The monoisotopic (exact) mass is 214 g/mol. The molecular weight excluding hydrogens is 211 g/mol. The van der Waals surface area contributed by atoms with Crippen LogP contribution in [0.4, 0.5) is 5.95 Å². The minimum Gasteiger partial charge on any atom is -0.368 e. The van der Waals surface area contributed by atoms with Crippen molar-refractivity contribution in [3.63, 3.8) is 0 Å². The molecule has 6 heteroatoms. The number of rotatable bonds is 0. The summed E-state index contributed by atoms with van der Waals surface area (Å²) in [6, 6.07) is 0. The van der Waals surface area contributed by atoms with Crippen molar-refractivity contribution < 1.29 is 0 Å². The van der Waals surface area contributed by atoms with Crippen LogP contribution in [-0.4, -0.2) is 15.0 Å². The predicted octanol–water partition coefficient (Wildman–Crippen LogP) is 1.91. The van der Waals surface area contributed by atoms with Gasteiger partial charge in [0, 0.05) is 12.4 Å². The van der Waals surface area contributed by atoms with E-state index in [9.17, 15) is 0 Å². The minimum absolute atomic E-state index is 0.164. The molecule has 13 heavy (non-hydrogen) atoms. The van der Waals surface area contributed by atoms with Gasteiger partial charge in [0.2, 0.25) is 5.95 Å². The van der Waals surface area contributed by atoms with E-state index in [2.05, 4.69) is 15.0 Å². The van der Waals surface area contributed by atoms with Crippen molar-refractivity contribution in [3.05, 3.63) is 22.6 Å². The average molecular weight is 215 g/mol. The summed E-state index contributed by atoms with van der Waals surface area (Å²) < 4.78 is 0. The van der Waals surface area contributed by atoms with E-state index in [-0.39, 0.29) is 5.95 Å². The summed E-state index contributed by atoms with van der Waals surface area (Å²) in [5.41, 5.74) is 5.92. The Balaban J connectivity index is 2.92. The molecule has 4 nitrogen and oxygen atoms in total. The highest BCUT2D eigenvalue weighted by molar-refractivity contribution is 6.38. The number of hydrogen-bond donors (Lipinski definition) is 1. The third-order valence-electron chi connectivity index (χ3n) is 1.55. The highest BCUT2D eigenvalue weighted by Crippen LogP contribution is 2.25. The van der Waals surface area contributed by atoms with Gasteiger partial charge in [0.15, 0.2) is 0 Å². The molecule has 2 rings (SSSR count).